The first-order valence-corrected chi connectivity index (χ1v) is 7.67. The van der Waals surface area contributed by atoms with Crippen LogP contribution in [0.4, 0.5) is 11.4 Å². The van der Waals surface area contributed by atoms with Gasteiger partial charge in [0.15, 0.2) is 0 Å². The number of rotatable bonds is 5. The first-order chi connectivity index (χ1) is 12.4. The molecule has 0 spiro atoms. The molecule has 0 heterocycles. The molecule has 0 aliphatic heterocycles. The summed E-state index contributed by atoms with van der Waals surface area (Å²) in [5, 5.41) is 14.4. The van der Waals surface area contributed by atoms with Gasteiger partial charge in [0.1, 0.15) is 5.75 Å². The highest BCUT2D eigenvalue weighted by Crippen LogP contribution is 2.14. The number of esters is 1. The van der Waals surface area contributed by atoms with Gasteiger partial charge >= 0.3 is 5.97 Å². The SMILES string of the molecule is COC(=O)c1ccc(NC(=O)/C(C)=C/C(=O)Nc2ccc(O)cc2)cc1. The molecule has 0 atom stereocenters. The summed E-state index contributed by atoms with van der Waals surface area (Å²) < 4.78 is 4.60. The number of amides is 2. The van der Waals surface area contributed by atoms with Crippen LogP contribution in [0.5, 0.6) is 5.75 Å². The van der Waals surface area contributed by atoms with Gasteiger partial charge in [-0.05, 0) is 55.5 Å². The fourth-order valence-corrected chi connectivity index (χ4v) is 2.02. The lowest BCUT2D eigenvalue weighted by molar-refractivity contribution is -0.114. The van der Waals surface area contributed by atoms with Gasteiger partial charge in [-0.3, -0.25) is 9.59 Å². The number of benzene rings is 2. The number of carbonyl (C=O) groups is 3. The van der Waals surface area contributed by atoms with Gasteiger partial charge in [0, 0.05) is 23.0 Å². The fourth-order valence-electron chi connectivity index (χ4n) is 2.02. The van der Waals surface area contributed by atoms with Crippen molar-refractivity contribution in [3.8, 4) is 5.75 Å². The minimum Gasteiger partial charge on any atom is -0.508 e. The highest BCUT2D eigenvalue weighted by molar-refractivity contribution is 6.10. The molecule has 0 fully saturated rings. The Morgan fingerprint density at radius 3 is 2.04 bits per heavy atom. The van der Waals surface area contributed by atoms with E-state index in [4.69, 9.17) is 0 Å². The van der Waals surface area contributed by atoms with Crippen molar-refractivity contribution in [1.82, 2.24) is 0 Å². The standard InChI is InChI=1S/C19H18N2O5/c1-12(11-17(23)20-14-7-9-16(22)10-8-14)18(24)21-15-5-3-13(4-6-15)19(25)26-2/h3-11,22H,1-2H3,(H,20,23)(H,21,24)/b12-11+. The van der Waals surface area contributed by atoms with Crippen LogP contribution in [0, 0.1) is 0 Å². The van der Waals surface area contributed by atoms with E-state index in [0.29, 0.717) is 16.9 Å². The van der Waals surface area contributed by atoms with Gasteiger partial charge < -0.3 is 20.5 Å². The van der Waals surface area contributed by atoms with E-state index >= 15 is 0 Å². The van der Waals surface area contributed by atoms with Crippen LogP contribution >= 0.6 is 0 Å². The molecular formula is C19H18N2O5. The van der Waals surface area contributed by atoms with E-state index in [-0.39, 0.29) is 11.3 Å². The maximum atomic E-state index is 12.1. The summed E-state index contributed by atoms with van der Waals surface area (Å²) in [6.07, 6.45) is 1.17. The van der Waals surface area contributed by atoms with Crippen LogP contribution in [-0.2, 0) is 14.3 Å². The molecule has 2 amide bonds. The monoisotopic (exact) mass is 354 g/mol. The van der Waals surface area contributed by atoms with Crippen molar-refractivity contribution >= 4 is 29.2 Å². The fraction of sp³-hybridized carbons (Fsp3) is 0.105. The van der Waals surface area contributed by atoms with E-state index in [0.717, 1.165) is 0 Å². The van der Waals surface area contributed by atoms with E-state index in [9.17, 15) is 19.5 Å². The Hall–Kier alpha value is -3.61. The lowest BCUT2D eigenvalue weighted by Crippen LogP contribution is -2.16. The number of phenols is 1. The highest BCUT2D eigenvalue weighted by Gasteiger charge is 2.09. The minimum absolute atomic E-state index is 0.0901. The topological polar surface area (TPSA) is 105 Å². The molecule has 7 nitrogen and oxygen atoms in total. The molecule has 134 valence electrons. The molecule has 0 aliphatic carbocycles. The summed E-state index contributed by atoms with van der Waals surface area (Å²) in [6.45, 7) is 1.51. The number of aromatic hydroxyl groups is 1. The van der Waals surface area contributed by atoms with Crippen molar-refractivity contribution in [3.63, 3.8) is 0 Å². The van der Waals surface area contributed by atoms with E-state index in [1.54, 1.807) is 24.3 Å². The zero-order chi connectivity index (χ0) is 19.1. The predicted octanol–water partition coefficient (Wildman–Crippen LogP) is 2.70. The number of hydrogen-bond acceptors (Lipinski definition) is 5. The van der Waals surface area contributed by atoms with E-state index in [1.165, 1.54) is 44.4 Å². The zero-order valence-electron chi connectivity index (χ0n) is 14.3. The highest BCUT2D eigenvalue weighted by atomic mass is 16.5. The Kier molecular flexibility index (Phi) is 6.10. The molecule has 0 bridgehead atoms. The summed E-state index contributed by atoms with van der Waals surface area (Å²) in [6, 6.07) is 12.1. The van der Waals surface area contributed by atoms with Gasteiger partial charge in [0.25, 0.3) is 5.91 Å². The quantitative estimate of drug-likeness (QED) is 0.435. The van der Waals surface area contributed by atoms with Gasteiger partial charge in [-0.15, -0.1) is 0 Å². The summed E-state index contributed by atoms with van der Waals surface area (Å²) in [4.78, 5) is 35.4. The second-order valence-electron chi connectivity index (χ2n) is 5.39. The van der Waals surface area contributed by atoms with Crippen molar-refractivity contribution in [2.45, 2.75) is 6.92 Å². The summed E-state index contributed by atoms with van der Waals surface area (Å²) in [5.41, 5.74) is 1.55. The summed E-state index contributed by atoms with van der Waals surface area (Å²) in [7, 11) is 1.29. The van der Waals surface area contributed by atoms with Crippen molar-refractivity contribution in [2.24, 2.45) is 0 Å². The molecule has 2 aromatic rings. The van der Waals surface area contributed by atoms with Crippen molar-refractivity contribution in [2.75, 3.05) is 17.7 Å². The third kappa shape index (κ3) is 5.20. The Labute approximate surface area is 150 Å². The molecular weight excluding hydrogens is 336 g/mol. The minimum atomic E-state index is -0.468. The molecule has 2 rings (SSSR count). The van der Waals surface area contributed by atoms with E-state index in [1.807, 2.05) is 0 Å². The van der Waals surface area contributed by atoms with E-state index in [2.05, 4.69) is 15.4 Å². The summed E-state index contributed by atoms with van der Waals surface area (Å²) >= 11 is 0. The first kappa shape index (κ1) is 18.7. The van der Waals surface area contributed by atoms with Gasteiger partial charge in [-0.1, -0.05) is 0 Å². The number of carbonyl (C=O) groups excluding carboxylic acids is 3. The molecule has 0 aliphatic rings. The number of ether oxygens (including phenoxy) is 1. The number of phenolic OH excluding ortho intramolecular Hbond substituents is 1. The Balaban J connectivity index is 1.97. The number of anilines is 2. The van der Waals surface area contributed by atoms with Crippen LogP contribution in [0.2, 0.25) is 0 Å². The van der Waals surface area contributed by atoms with Crippen LogP contribution in [0.15, 0.2) is 60.2 Å². The predicted molar refractivity (Wildman–Crippen MR) is 96.9 cm³/mol. The zero-order valence-corrected chi connectivity index (χ0v) is 14.3. The molecule has 3 N–H and O–H groups in total. The third-order valence-corrected chi connectivity index (χ3v) is 3.40. The van der Waals surface area contributed by atoms with Crippen molar-refractivity contribution < 1.29 is 24.2 Å². The molecule has 0 radical (unpaired) electrons. The first-order valence-electron chi connectivity index (χ1n) is 7.67. The van der Waals surface area contributed by atoms with Crippen LogP contribution in [0.25, 0.3) is 0 Å². The largest absolute Gasteiger partial charge is 0.508 e. The summed E-state index contributed by atoms with van der Waals surface area (Å²) in [5.74, 6) is -1.29. The second kappa shape index (κ2) is 8.48. The molecule has 0 saturated heterocycles. The number of nitrogens with one attached hydrogen (secondary N) is 2. The van der Waals surface area contributed by atoms with Crippen LogP contribution in [-0.4, -0.2) is 30.0 Å². The molecule has 0 unspecified atom stereocenters. The Morgan fingerprint density at radius 2 is 1.46 bits per heavy atom. The lowest BCUT2D eigenvalue weighted by atomic mass is 10.2. The van der Waals surface area contributed by atoms with Crippen molar-refractivity contribution in [3.05, 3.63) is 65.7 Å². The third-order valence-electron chi connectivity index (χ3n) is 3.40. The Bertz CT molecular complexity index is 839. The Morgan fingerprint density at radius 1 is 0.923 bits per heavy atom. The normalized spacial score (nSPS) is 10.8. The average Bonchev–Trinajstić information content (AvgIpc) is 2.63. The molecule has 0 aromatic heterocycles. The molecule has 26 heavy (non-hydrogen) atoms. The van der Waals surface area contributed by atoms with Crippen LogP contribution in [0.1, 0.15) is 17.3 Å². The lowest BCUT2D eigenvalue weighted by Gasteiger charge is -2.07. The van der Waals surface area contributed by atoms with Gasteiger partial charge in [0.05, 0.1) is 12.7 Å². The van der Waals surface area contributed by atoms with Gasteiger partial charge in [-0.2, -0.15) is 0 Å². The van der Waals surface area contributed by atoms with E-state index < -0.39 is 17.8 Å². The van der Waals surface area contributed by atoms with Gasteiger partial charge in [-0.25, -0.2) is 4.79 Å². The number of methoxy groups -OCH3 is 1. The smallest absolute Gasteiger partial charge is 0.337 e. The van der Waals surface area contributed by atoms with Crippen LogP contribution in [0.3, 0.4) is 0 Å². The second-order valence-corrected chi connectivity index (χ2v) is 5.39. The number of hydrogen-bond donors (Lipinski definition) is 3. The van der Waals surface area contributed by atoms with Crippen molar-refractivity contribution in [1.29, 1.82) is 0 Å². The maximum Gasteiger partial charge on any atom is 0.337 e. The van der Waals surface area contributed by atoms with Crippen LogP contribution < -0.4 is 10.6 Å². The average molecular weight is 354 g/mol. The van der Waals surface area contributed by atoms with Gasteiger partial charge in [0.2, 0.25) is 5.91 Å². The maximum absolute atomic E-state index is 12.1. The molecule has 0 saturated carbocycles. The molecule has 2 aromatic carbocycles. The molecule has 7 heteroatoms.